The molecular weight excluding hydrogens is 192 g/mol. The van der Waals surface area contributed by atoms with E-state index >= 15 is 0 Å². The molecule has 0 radical (unpaired) electrons. The highest BCUT2D eigenvalue weighted by atomic mass is 32.2. The normalized spacial score (nSPS) is 17.5. The Bertz CT molecular complexity index is 162. The summed E-state index contributed by atoms with van der Waals surface area (Å²) in [4.78, 5) is 11.6. The molecule has 1 aliphatic heterocycles. The first-order valence-corrected chi connectivity index (χ1v) is 7.72. The van der Waals surface area contributed by atoms with Crippen LogP contribution in [0.3, 0.4) is 0 Å². The molecule has 0 N–H and O–H groups in total. The number of hydrogen-bond acceptors (Lipinski definition) is 1. The number of rotatable bonds is 7. The van der Waals surface area contributed by atoms with E-state index in [-0.39, 0.29) is 0 Å². The molecule has 0 atom stereocenters. The molecule has 1 rings (SSSR count). The van der Waals surface area contributed by atoms with E-state index in [1.165, 1.54) is 43.6 Å². The van der Waals surface area contributed by atoms with E-state index in [9.17, 15) is 4.79 Å². The molecule has 82 valence electrons. The van der Waals surface area contributed by atoms with Crippen LogP contribution < -0.4 is 0 Å². The van der Waals surface area contributed by atoms with Gasteiger partial charge in [0, 0.05) is 6.42 Å². The Morgan fingerprint density at radius 2 is 1.86 bits per heavy atom. The average molecular weight is 215 g/mol. The predicted octanol–water partition coefficient (Wildman–Crippen LogP) is 2.94. The highest BCUT2D eigenvalue weighted by molar-refractivity contribution is 7.97. The lowest BCUT2D eigenvalue weighted by Crippen LogP contribution is -2.17. The van der Waals surface area contributed by atoms with Crippen molar-refractivity contribution in [3.8, 4) is 0 Å². The molecule has 0 aromatic heterocycles. The van der Waals surface area contributed by atoms with Gasteiger partial charge >= 0.3 is 0 Å². The first-order chi connectivity index (χ1) is 6.83. The molecule has 0 unspecified atom stereocenters. The number of hydrogen-bond donors (Lipinski definition) is 0. The Morgan fingerprint density at radius 1 is 1.14 bits per heavy atom. The fourth-order valence-corrected chi connectivity index (χ4v) is 4.22. The standard InChI is InChI=1S/C12H23OS/c1-2-3-4-5-8-12(13)11-14-9-6-7-10-14/h2-11H2,1H3/q+1. The number of ketones is 1. The van der Waals surface area contributed by atoms with Crippen LogP contribution in [-0.4, -0.2) is 23.0 Å². The van der Waals surface area contributed by atoms with Crippen LogP contribution in [-0.2, 0) is 15.7 Å². The maximum Gasteiger partial charge on any atom is 0.181 e. The van der Waals surface area contributed by atoms with E-state index in [0.29, 0.717) is 16.7 Å². The molecule has 1 saturated heterocycles. The van der Waals surface area contributed by atoms with Gasteiger partial charge in [-0.2, -0.15) is 0 Å². The van der Waals surface area contributed by atoms with E-state index in [2.05, 4.69) is 6.92 Å². The molecule has 0 aromatic carbocycles. The van der Waals surface area contributed by atoms with Crippen LogP contribution in [0.1, 0.15) is 51.9 Å². The molecule has 0 aromatic rings. The van der Waals surface area contributed by atoms with E-state index in [4.69, 9.17) is 0 Å². The molecule has 14 heavy (non-hydrogen) atoms. The third-order valence-corrected chi connectivity index (χ3v) is 5.25. The zero-order chi connectivity index (χ0) is 10.2. The predicted molar refractivity (Wildman–Crippen MR) is 65.0 cm³/mol. The van der Waals surface area contributed by atoms with E-state index in [1.807, 2.05) is 0 Å². The van der Waals surface area contributed by atoms with Crippen LogP contribution in [0.25, 0.3) is 0 Å². The molecule has 1 aliphatic rings. The monoisotopic (exact) mass is 215 g/mol. The van der Waals surface area contributed by atoms with Crippen molar-refractivity contribution in [2.75, 3.05) is 17.3 Å². The van der Waals surface area contributed by atoms with Gasteiger partial charge < -0.3 is 0 Å². The Kier molecular flexibility index (Phi) is 6.33. The number of Topliss-reactive ketones (excluding diaryl/α,β-unsaturated/α-hetero) is 1. The molecule has 2 heteroatoms. The van der Waals surface area contributed by atoms with Gasteiger partial charge in [-0.3, -0.25) is 4.79 Å². The summed E-state index contributed by atoms with van der Waals surface area (Å²) in [5.74, 6) is 4.11. The maximum atomic E-state index is 11.6. The van der Waals surface area contributed by atoms with Gasteiger partial charge in [0.2, 0.25) is 0 Å². The van der Waals surface area contributed by atoms with Gasteiger partial charge in [-0.25, -0.2) is 0 Å². The van der Waals surface area contributed by atoms with Crippen molar-refractivity contribution in [3.63, 3.8) is 0 Å². The number of unbranched alkanes of at least 4 members (excludes halogenated alkanes) is 3. The lowest BCUT2D eigenvalue weighted by atomic mass is 10.1. The molecule has 0 spiro atoms. The quantitative estimate of drug-likeness (QED) is 0.471. The molecule has 1 heterocycles. The van der Waals surface area contributed by atoms with Crippen molar-refractivity contribution in [2.45, 2.75) is 51.9 Å². The minimum absolute atomic E-state index is 0.486. The van der Waals surface area contributed by atoms with Crippen molar-refractivity contribution < 1.29 is 4.79 Å². The fraction of sp³-hybridized carbons (Fsp3) is 0.917. The highest BCUT2D eigenvalue weighted by Gasteiger charge is 2.26. The van der Waals surface area contributed by atoms with E-state index in [1.54, 1.807) is 0 Å². The van der Waals surface area contributed by atoms with Crippen LogP contribution >= 0.6 is 0 Å². The van der Waals surface area contributed by atoms with Crippen LogP contribution in [0.2, 0.25) is 0 Å². The molecule has 0 aliphatic carbocycles. The lowest BCUT2D eigenvalue weighted by molar-refractivity contribution is -0.116. The molecule has 0 saturated carbocycles. The average Bonchev–Trinajstić information content (AvgIpc) is 2.65. The maximum absolute atomic E-state index is 11.6. The smallest absolute Gasteiger partial charge is 0.181 e. The second-order valence-electron chi connectivity index (χ2n) is 4.22. The SMILES string of the molecule is CCCCCCC(=O)C[S+]1CCCC1. The summed E-state index contributed by atoms with van der Waals surface area (Å²) in [6, 6.07) is 0. The number of carbonyl (C=O) groups is 1. The second kappa shape index (κ2) is 7.33. The van der Waals surface area contributed by atoms with Gasteiger partial charge in [-0.05, 0) is 30.2 Å². The molecular formula is C12H23OS+. The summed E-state index contributed by atoms with van der Waals surface area (Å²) in [6.45, 7) is 2.21. The van der Waals surface area contributed by atoms with E-state index in [0.717, 1.165) is 18.6 Å². The summed E-state index contributed by atoms with van der Waals surface area (Å²) in [5.41, 5.74) is 0. The van der Waals surface area contributed by atoms with Crippen LogP contribution in [0.15, 0.2) is 0 Å². The van der Waals surface area contributed by atoms with Gasteiger partial charge in [0.25, 0.3) is 0 Å². The Labute approximate surface area is 91.0 Å². The van der Waals surface area contributed by atoms with Crippen molar-refractivity contribution in [2.24, 2.45) is 0 Å². The molecule has 0 amide bonds. The van der Waals surface area contributed by atoms with Gasteiger partial charge in [0.1, 0.15) is 11.5 Å². The van der Waals surface area contributed by atoms with Crippen LogP contribution in [0.5, 0.6) is 0 Å². The van der Waals surface area contributed by atoms with Gasteiger partial charge in [-0.1, -0.05) is 26.2 Å². The lowest BCUT2D eigenvalue weighted by Gasteiger charge is -2.00. The summed E-state index contributed by atoms with van der Waals surface area (Å²) in [6.07, 6.45) is 8.51. The minimum atomic E-state index is 0.486. The van der Waals surface area contributed by atoms with E-state index < -0.39 is 0 Å². The molecule has 0 bridgehead atoms. The first kappa shape index (κ1) is 12.1. The van der Waals surface area contributed by atoms with Gasteiger partial charge in [0.15, 0.2) is 11.5 Å². The Morgan fingerprint density at radius 3 is 2.50 bits per heavy atom. The summed E-state index contributed by atoms with van der Waals surface area (Å²) < 4.78 is 0. The third kappa shape index (κ3) is 5.04. The van der Waals surface area contributed by atoms with Gasteiger partial charge in [-0.15, -0.1) is 0 Å². The highest BCUT2D eigenvalue weighted by Crippen LogP contribution is 2.14. The second-order valence-corrected chi connectivity index (χ2v) is 6.55. The largest absolute Gasteiger partial charge is 0.294 e. The zero-order valence-corrected chi connectivity index (χ0v) is 10.2. The summed E-state index contributed by atoms with van der Waals surface area (Å²) in [7, 11) is 0.486. The van der Waals surface area contributed by atoms with Crippen molar-refractivity contribution >= 4 is 16.7 Å². The topological polar surface area (TPSA) is 17.1 Å². The van der Waals surface area contributed by atoms with Gasteiger partial charge in [0.05, 0.1) is 0 Å². The van der Waals surface area contributed by atoms with Crippen molar-refractivity contribution in [1.29, 1.82) is 0 Å². The minimum Gasteiger partial charge on any atom is -0.294 e. The van der Waals surface area contributed by atoms with Crippen molar-refractivity contribution in [3.05, 3.63) is 0 Å². The Hall–Kier alpha value is 0.0200. The number of carbonyl (C=O) groups excluding carboxylic acids is 1. The Balaban J connectivity index is 1.98. The molecule has 1 nitrogen and oxygen atoms in total. The third-order valence-electron chi connectivity index (χ3n) is 2.79. The van der Waals surface area contributed by atoms with Crippen LogP contribution in [0, 0.1) is 0 Å². The fourth-order valence-electron chi connectivity index (χ4n) is 1.91. The first-order valence-electron chi connectivity index (χ1n) is 5.98. The summed E-state index contributed by atoms with van der Waals surface area (Å²) in [5, 5.41) is 0. The zero-order valence-electron chi connectivity index (χ0n) is 9.39. The summed E-state index contributed by atoms with van der Waals surface area (Å²) >= 11 is 0. The van der Waals surface area contributed by atoms with Crippen LogP contribution in [0.4, 0.5) is 0 Å². The molecule has 1 fully saturated rings. The van der Waals surface area contributed by atoms with Crippen molar-refractivity contribution in [1.82, 2.24) is 0 Å².